The molecule has 0 radical (unpaired) electrons. The molecule has 0 saturated heterocycles. The van der Waals surface area contributed by atoms with Gasteiger partial charge in [0.2, 0.25) is 5.88 Å². The molecule has 0 saturated carbocycles. The molecular formula is C26H27N3O8S. The number of para-hydroxylation sites is 1. The van der Waals surface area contributed by atoms with E-state index in [1.807, 2.05) is 22.9 Å². The zero-order valence-electron chi connectivity index (χ0n) is 20.7. The highest BCUT2D eigenvalue weighted by molar-refractivity contribution is 7.90. The Morgan fingerprint density at radius 2 is 1.66 bits per heavy atom. The van der Waals surface area contributed by atoms with Crippen LogP contribution in [0.1, 0.15) is 29.8 Å². The van der Waals surface area contributed by atoms with Crippen LogP contribution in [-0.2, 0) is 26.0 Å². The molecule has 0 aliphatic heterocycles. The smallest absolute Gasteiger partial charge is 0.484 e. The highest BCUT2D eigenvalue weighted by Gasteiger charge is 2.19. The molecule has 3 rings (SSSR count). The van der Waals surface area contributed by atoms with Crippen molar-refractivity contribution in [3.05, 3.63) is 84.1 Å². The minimum atomic E-state index is -4.15. The van der Waals surface area contributed by atoms with Gasteiger partial charge in [0.05, 0.1) is 16.6 Å². The lowest BCUT2D eigenvalue weighted by atomic mass is 10.1. The van der Waals surface area contributed by atoms with E-state index < -0.39 is 22.1 Å². The number of aromatic nitrogens is 1. The predicted octanol–water partition coefficient (Wildman–Crippen LogP) is 2.86. The first kappa shape index (κ1) is 28.1. The highest BCUT2D eigenvalue weighted by Crippen LogP contribution is 2.14. The largest absolute Gasteiger partial charge is 0.515 e. The van der Waals surface area contributed by atoms with E-state index >= 15 is 0 Å². The molecule has 2 amide bonds. The Hall–Kier alpha value is -4.45. The molecular weight excluding hydrogens is 514 g/mol. The van der Waals surface area contributed by atoms with Gasteiger partial charge in [0, 0.05) is 18.8 Å². The third-order valence-electron chi connectivity index (χ3n) is 4.83. The van der Waals surface area contributed by atoms with Crippen LogP contribution < -0.4 is 19.5 Å². The van der Waals surface area contributed by atoms with Crippen molar-refractivity contribution >= 4 is 28.0 Å². The maximum absolute atomic E-state index is 12.6. The summed E-state index contributed by atoms with van der Waals surface area (Å²) in [5.74, 6) is -0.693. The van der Waals surface area contributed by atoms with Crippen LogP contribution in [0.15, 0.2) is 77.8 Å². The van der Waals surface area contributed by atoms with Crippen LogP contribution >= 0.6 is 0 Å². The van der Waals surface area contributed by atoms with Crippen LogP contribution in [0.25, 0.3) is 0 Å². The molecule has 2 N–H and O–H groups in total. The second-order valence-electron chi connectivity index (χ2n) is 8.18. The summed E-state index contributed by atoms with van der Waals surface area (Å²) in [6.07, 6.45) is 0.216. The standard InChI is InChI=1S/C26H27N3O8S/c1-18(2)36-26(32)37-24-13-10-20(16-28-24)25(31)29-38(33,34)22-11-8-19(9-12-22)14-15-27-23(30)17-35-21-6-4-3-5-7-21/h3-13,16,18H,14-15,17H2,1-2H3,(H,27,30)(H,29,31). The molecule has 12 heteroatoms. The molecule has 0 fully saturated rings. The number of amides is 2. The van der Waals surface area contributed by atoms with Gasteiger partial charge >= 0.3 is 6.16 Å². The molecule has 2 aromatic carbocycles. The van der Waals surface area contributed by atoms with E-state index in [1.165, 1.54) is 24.3 Å². The maximum atomic E-state index is 12.6. The van der Waals surface area contributed by atoms with Crippen molar-refractivity contribution in [3.8, 4) is 11.6 Å². The maximum Gasteiger partial charge on any atom is 0.515 e. The molecule has 0 aliphatic carbocycles. The van der Waals surface area contributed by atoms with Gasteiger partial charge in [-0.2, -0.15) is 0 Å². The van der Waals surface area contributed by atoms with Crippen LogP contribution in [0.2, 0.25) is 0 Å². The molecule has 1 aromatic heterocycles. The summed E-state index contributed by atoms with van der Waals surface area (Å²) in [5.41, 5.74) is 0.733. The Bertz CT molecular complexity index is 1340. The number of nitrogens with one attached hydrogen (secondary N) is 2. The van der Waals surface area contributed by atoms with E-state index in [0.29, 0.717) is 18.7 Å². The fraction of sp³-hybridized carbons (Fsp3) is 0.231. The molecule has 0 bridgehead atoms. The van der Waals surface area contributed by atoms with E-state index in [4.69, 9.17) is 14.2 Å². The number of benzene rings is 2. The summed E-state index contributed by atoms with van der Waals surface area (Å²) in [6, 6.07) is 17.4. The van der Waals surface area contributed by atoms with Gasteiger partial charge in [0.1, 0.15) is 5.75 Å². The number of sulfonamides is 1. The average molecular weight is 542 g/mol. The second-order valence-corrected chi connectivity index (χ2v) is 9.87. The first-order chi connectivity index (χ1) is 18.1. The summed E-state index contributed by atoms with van der Waals surface area (Å²) in [4.78, 5) is 39.6. The van der Waals surface area contributed by atoms with Gasteiger partial charge < -0.3 is 19.5 Å². The summed E-state index contributed by atoms with van der Waals surface area (Å²) in [7, 11) is -4.15. The van der Waals surface area contributed by atoms with Gasteiger partial charge in [-0.15, -0.1) is 0 Å². The predicted molar refractivity (Wildman–Crippen MR) is 136 cm³/mol. The molecule has 0 aliphatic rings. The first-order valence-electron chi connectivity index (χ1n) is 11.6. The van der Waals surface area contributed by atoms with E-state index in [1.54, 1.807) is 38.1 Å². The van der Waals surface area contributed by atoms with Gasteiger partial charge in [0.25, 0.3) is 21.8 Å². The van der Waals surface area contributed by atoms with E-state index in [0.717, 1.165) is 11.8 Å². The lowest BCUT2D eigenvalue weighted by molar-refractivity contribution is -0.123. The molecule has 0 spiro atoms. The van der Waals surface area contributed by atoms with Crippen molar-refractivity contribution < 1.29 is 37.0 Å². The Morgan fingerprint density at radius 3 is 2.29 bits per heavy atom. The van der Waals surface area contributed by atoms with Gasteiger partial charge in [-0.05, 0) is 56.2 Å². The minimum absolute atomic E-state index is 0.0539. The molecule has 1 heterocycles. The Labute approximate surface area is 220 Å². The monoisotopic (exact) mass is 541 g/mol. The summed E-state index contributed by atoms with van der Waals surface area (Å²) >= 11 is 0. The fourth-order valence-electron chi connectivity index (χ4n) is 3.01. The van der Waals surface area contributed by atoms with E-state index in [9.17, 15) is 22.8 Å². The van der Waals surface area contributed by atoms with Crippen molar-refractivity contribution in [1.82, 2.24) is 15.0 Å². The molecule has 0 atom stereocenters. The van der Waals surface area contributed by atoms with Crippen molar-refractivity contribution in [2.24, 2.45) is 0 Å². The number of hydrogen-bond donors (Lipinski definition) is 2. The van der Waals surface area contributed by atoms with Gasteiger partial charge in [-0.25, -0.2) is 22.9 Å². The van der Waals surface area contributed by atoms with Crippen molar-refractivity contribution in [3.63, 3.8) is 0 Å². The number of carbonyl (C=O) groups is 3. The quantitative estimate of drug-likeness (QED) is 0.349. The van der Waals surface area contributed by atoms with Crippen LogP contribution in [0.3, 0.4) is 0 Å². The number of hydrogen-bond acceptors (Lipinski definition) is 9. The molecule has 38 heavy (non-hydrogen) atoms. The summed E-state index contributed by atoms with van der Waals surface area (Å²) < 4.78 is 42.3. The van der Waals surface area contributed by atoms with Gasteiger partial charge in [-0.3, -0.25) is 9.59 Å². The normalized spacial score (nSPS) is 10.9. The minimum Gasteiger partial charge on any atom is -0.484 e. The molecule has 3 aromatic rings. The Kier molecular flexibility index (Phi) is 9.77. The lowest BCUT2D eigenvalue weighted by Crippen LogP contribution is -2.31. The third-order valence-corrected chi connectivity index (χ3v) is 6.17. The average Bonchev–Trinajstić information content (AvgIpc) is 2.88. The lowest BCUT2D eigenvalue weighted by Gasteiger charge is -2.10. The SMILES string of the molecule is CC(C)OC(=O)Oc1ccc(C(=O)NS(=O)(=O)c2ccc(CCNC(=O)COc3ccccc3)cc2)cn1. The Balaban J connectivity index is 1.47. The summed E-state index contributed by atoms with van der Waals surface area (Å²) in [6.45, 7) is 3.53. The molecule has 11 nitrogen and oxygen atoms in total. The first-order valence-corrected chi connectivity index (χ1v) is 13.1. The van der Waals surface area contributed by atoms with E-state index in [2.05, 4.69) is 10.3 Å². The van der Waals surface area contributed by atoms with Crippen LogP contribution in [-0.4, -0.2) is 50.6 Å². The van der Waals surface area contributed by atoms with E-state index in [-0.39, 0.29) is 35.0 Å². The van der Waals surface area contributed by atoms with Crippen LogP contribution in [0.5, 0.6) is 11.6 Å². The summed E-state index contributed by atoms with van der Waals surface area (Å²) in [5, 5.41) is 2.73. The number of rotatable bonds is 11. The second kappa shape index (κ2) is 13.2. The fourth-order valence-corrected chi connectivity index (χ4v) is 3.99. The van der Waals surface area contributed by atoms with Crippen LogP contribution in [0.4, 0.5) is 4.79 Å². The van der Waals surface area contributed by atoms with Gasteiger partial charge in [0.15, 0.2) is 6.61 Å². The zero-order valence-corrected chi connectivity index (χ0v) is 21.6. The van der Waals surface area contributed by atoms with Crippen molar-refractivity contribution in [2.75, 3.05) is 13.2 Å². The zero-order chi connectivity index (χ0) is 27.5. The topological polar surface area (TPSA) is 150 Å². The number of pyridine rings is 1. The molecule has 0 unspecified atom stereocenters. The number of ether oxygens (including phenoxy) is 3. The van der Waals surface area contributed by atoms with Crippen molar-refractivity contribution in [2.45, 2.75) is 31.3 Å². The highest BCUT2D eigenvalue weighted by atomic mass is 32.2. The number of nitrogens with zero attached hydrogens (tertiary/aromatic N) is 1. The number of carbonyl (C=O) groups excluding carboxylic acids is 3. The Morgan fingerprint density at radius 1 is 0.947 bits per heavy atom. The third kappa shape index (κ3) is 8.89. The van der Waals surface area contributed by atoms with Crippen molar-refractivity contribution in [1.29, 1.82) is 0 Å². The van der Waals surface area contributed by atoms with Crippen LogP contribution in [0, 0.1) is 0 Å². The molecule has 200 valence electrons. The van der Waals surface area contributed by atoms with Gasteiger partial charge in [-0.1, -0.05) is 30.3 Å².